The number of aryl methyl sites for hydroxylation is 1. The second-order valence-electron chi connectivity index (χ2n) is 3.03. The Hall–Kier alpha value is -0.600. The molecule has 1 unspecified atom stereocenters. The molecular formula is C10H14OS. The van der Waals surface area contributed by atoms with E-state index in [0.29, 0.717) is 0 Å². The van der Waals surface area contributed by atoms with Gasteiger partial charge in [-0.25, -0.2) is 0 Å². The maximum Gasteiger partial charge on any atom is 0.0722 e. The average Bonchev–Trinajstić information content (AvgIpc) is 2.36. The molecule has 1 atom stereocenters. The van der Waals surface area contributed by atoms with Crippen molar-refractivity contribution in [3.8, 4) is 0 Å². The number of thiophene rings is 1. The van der Waals surface area contributed by atoms with Gasteiger partial charge in [-0.15, -0.1) is 11.3 Å². The average molecular weight is 182 g/mol. The molecule has 2 heteroatoms. The number of hydrogen-bond donors (Lipinski definition) is 1. The quantitative estimate of drug-likeness (QED) is 0.745. The van der Waals surface area contributed by atoms with Crippen molar-refractivity contribution < 1.29 is 5.11 Å². The third-order valence-corrected chi connectivity index (χ3v) is 2.89. The van der Waals surface area contributed by atoms with Crippen LogP contribution in [0.4, 0.5) is 0 Å². The van der Waals surface area contributed by atoms with E-state index >= 15 is 0 Å². The predicted octanol–water partition coefficient (Wildman–Crippen LogP) is 2.84. The molecular weight excluding hydrogens is 168 g/mol. The Morgan fingerprint density at radius 1 is 1.67 bits per heavy atom. The summed E-state index contributed by atoms with van der Waals surface area (Å²) in [6.07, 6.45) is 1.71. The third kappa shape index (κ3) is 2.19. The minimum Gasteiger partial charge on any atom is -0.389 e. The van der Waals surface area contributed by atoms with E-state index in [2.05, 4.69) is 18.4 Å². The van der Waals surface area contributed by atoms with Gasteiger partial charge in [-0.3, -0.25) is 0 Å². The molecule has 1 N–H and O–H groups in total. The molecule has 1 rings (SSSR count). The van der Waals surface area contributed by atoms with Crippen LogP contribution in [0.1, 0.15) is 24.3 Å². The van der Waals surface area contributed by atoms with E-state index in [4.69, 9.17) is 0 Å². The van der Waals surface area contributed by atoms with Gasteiger partial charge >= 0.3 is 0 Å². The molecule has 0 aliphatic heterocycles. The van der Waals surface area contributed by atoms with Gasteiger partial charge in [-0.2, -0.15) is 0 Å². The van der Waals surface area contributed by atoms with Crippen molar-refractivity contribution in [2.24, 2.45) is 0 Å². The molecule has 1 nitrogen and oxygen atoms in total. The summed E-state index contributed by atoms with van der Waals surface area (Å²) in [4.78, 5) is 1.24. The zero-order chi connectivity index (χ0) is 9.14. The summed E-state index contributed by atoms with van der Waals surface area (Å²) in [5.41, 5.74) is 2.29. The molecule has 0 amide bonds. The van der Waals surface area contributed by atoms with Gasteiger partial charge in [0, 0.05) is 4.88 Å². The molecule has 0 aliphatic rings. The van der Waals surface area contributed by atoms with Crippen LogP contribution in [0.15, 0.2) is 17.0 Å². The molecule has 1 aromatic heterocycles. The Kier molecular flexibility index (Phi) is 3.06. The highest BCUT2D eigenvalue weighted by Gasteiger charge is 2.00. The first-order chi connectivity index (χ1) is 5.61. The fourth-order valence-electron chi connectivity index (χ4n) is 0.860. The zero-order valence-electron chi connectivity index (χ0n) is 7.66. The van der Waals surface area contributed by atoms with Gasteiger partial charge in [-0.05, 0) is 49.4 Å². The van der Waals surface area contributed by atoms with Crippen LogP contribution in [0, 0.1) is 6.92 Å². The first-order valence-corrected chi connectivity index (χ1v) is 4.89. The lowest BCUT2D eigenvalue weighted by molar-refractivity contribution is 0.232. The molecule has 0 aromatic carbocycles. The van der Waals surface area contributed by atoms with E-state index in [1.54, 1.807) is 18.3 Å². The number of aliphatic hydroxyl groups excluding tert-OH is 1. The highest BCUT2D eigenvalue weighted by atomic mass is 32.1. The number of rotatable bonds is 2. The minimum atomic E-state index is -0.341. The van der Waals surface area contributed by atoms with E-state index < -0.39 is 0 Å². The largest absolute Gasteiger partial charge is 0.389 e. The van der Waals surface area contributed by atoms with Crippen molar-refractivity contribution in [2.75, 3.05) is 0 Å². The van der Waals surface area contributed by atoms with Gasteiger partial charge in [0.25, 0.3) is 0 Å². The van der Waals surface area contributed by atoms with Gasteiger partial charge in [0.15, 0.2) is 0 Å². The van der Waals surface area contributed by atoms with E-state index in [0.717, 1.165) is 5.57 Å². The van der Waals surface area contributed by atoms with Gasteiger partial charge in [-0.1, -0.05) is 0 Å². The van der Waals surface area contributed by atoms with E-state index in [1.165, 1.54) is 10.4 Å². The Labute approximate surface area is 77.4 Å². The molecule has 12 heavy (non-hydrogen) atoms. The van der Waals surface area contributed by atoms with Crippen molar-refractivity contribution in [1.29, 1.82) is 0 Å². The summed E-state index contributed by atoms with van der Waals surface area (Å²) < 4.78 is 0. The Balaban J connectivity index is 2.87. The summed E-state index contributed by atoms with van der Waals surface area (Å²) in [5, 5.41) is 11.3. The Morgan fingerprint density at radius 3 is 2.75 bits per heavy atom. The number of aliphatic hydroxyl groups is 1. The van der Waals surface area contributed by atoms with E-state index in [1.807, 2.05) is 13.0 Å². The van der Waals surface area contributed by atoms with Crippen molar-refractivity contribution in [3.05, 3.63) is 27.5 Å². The van der Waals surface area contributed by atoms with Crippen LogP contribution in [-0.2, 0) is 0 Å². The fourth-order valence-corrected chi connectivity index (χ4v) is 1.79. The maximum absolute atomic E-state index is 9.25. The molecule has 0 saturated carbocycles. The lowest BCUT2D eigenvalue weighted by atomic mass is 10.1. The second-order valence-corrected chi connectivity index (χ2v) is 3.98. The lowest BCUT2D eigenvalue weighted by Crippen LogP contribution is -1.99. The third-order valence-electron chi connectivity index (χ3n) is 1.92. The first kappa shape index (κ1) is 9.49. The second kappa shape index (κ2) is 3.87. The fraction of sp³-hybridized carbons (Fsp3) is 0.400. The van der Waals surface area contributed by atoms with Crippen molar-refractivity contribution in [1.82, 2.24) is 0 Å². The molecule has 0 radical (unpaired) electrons. The molecule has 1 aromatic rings. The van der Waals surface area contributed by atoms with Crippen LogP contribution in [-0.4, -0.2) is 11.2 Å². The van der Waals surface area contributed by atoms with Crippen LogP contribution >= 0.6 is 11.3 Å². The van der Waals surface area contributed by atoms with Crippen LogP contribution < -0.4 is 0 Å². The molecule has 1 heterocycles. The van der Waals surface area contributed by atoms with Gasteiger partial charge in [0.05, 0.1) is 6.10 Å². The minimum absolute atomic E-state index is 0.341. The van der Waals surface area contributed by atoms with E-state index in [-0.39, 0.29) is 6.10 Å². The molecule has 66 valence electrons. The number of hydrogen-bond acceptors (Lipinski definition) is 2. The maximum atomic E-state index is 9.25. The monoisotopic (exact) mass is 182 g/mol. The van der Waals surface area contributed by atoms with Crippen LogP contribution in [0.3, 0.4) is 0 Å². The summed E-state index contributed by atoms with van der Waals surface area (Å²) in [7, 11) is 0. The standard InChI is InChI=1S/C10H14OS/c1-7-4-5-12-10(7)6-8(2)9(3)11/h4-6,9,11H,1-3H3/b8-6+. The molecule has 0 aliphatic carbocycles. The smallest absolute Gasteiger partial charge is 0.0722 e. The van der Waals surface area contributed by atoms with Gasteiger partial charge in [0.2, 0.25) is 0 Å². The SMILES string of the molecule is C/C(=C\c1sccc1C)C(C)O. The summed E-state index contributed by atoms with van der Waals surface area (Å²) in [5.74, 6) is 0. The summed E-state index contributed by atoms with van der Waals surface area (Å²) in [6.45, 7) is 5.82. The zero-order valence-corrected chi connectivity index (χ0v) is 8.48. The highest BCUT2D eigenvalue weighted by molar-refractivity contribution is 7.11. The van der Waals surface area contributed by atoms with Crippen molar-refractivity contribution >= 4 is 17.4 Å². The van der Waals surface area contributed by atoms with Crippen molar-refractivity contribution in [2.45, 2.75) is 26.9 Å². The molecule has 0 fully saturated rings. The van der Waals surface area contributed by atoms with Crippen LogP contribution in [0.2, 0.25) is 0 Å². The van der Waals surface area contributed by atoms with E-state index in [9.17, 15) is 5.11 Å². The van der Waals surface area contributed by atoms with Gasteiger partial charge < -0.3 is 5.11 Å². The normalized spacial score (nSPS) is 14.8. The molecule has 0 saturated heterocycles. The van der Waals surface area contributed by atoms with Gasteiger partial charge in [0.1, 0.15) is 0 Å². The predicted molar refractivity (Wildman–Crippen MR) is 54.4 cm³/mol. The summed E-state index contributed by atoms with van der Waals surface area (Å²) >= 11 is 1.71. The highest BCUT2D eigenvalue weighted by Crippen LogP contribution is 2.19. The van der Waals surface area contributed by atoms with Crippen molar-refractivity contribution in [3.63, 3.8) is 0 Å². The summed E-state index contributed by atoms with van der Waals surface area (Å²) in [6, 6.07) is 2.09. The Morgan fingerprint density at radius 2 is 2.33 bits per heavy atom. The first-order valence-electron chi connectivity index (χ1n) is 4.01. The molecule has 0 spiro atoms. The topological polar surface area (TPSA) is 20.2 Å². The Bertz CT molecular complexity index is 284. The van der Waals surface area contributed by atoms with Crippen LogP contribution in [0.5, 0.6) is 0 Å². The molecule has 0 bridgehead atoms. The lowest BCUT2D eigenvalue weighted by Gasteiger charge is -2.02. The van der Waals surface area contributed by atoms with Crippen LogP contribution in [0.25, 0.3) is 6.08 Å².